The van der Waals surface area contributed by atoms with Gasteiger partial charge in [-0.2, -0.15) is 10.4 Å². The van der Waals surface area contributed by atoms with Crippen molar-refractivity contribution in [2.75, 3.05) is 57.1 Å². The number of nitrogens with zero attached hydrogens (tertiary/aromatic N) is 4. The summed E-state index contributed by atoms with van der Waals surface area (Å²) in [6.07, 6.45) is 0. The third kappa shape index (κ3) is 5.40. The van der Waals surface area contributed by atoms with Crippen molar-refractivity contribution in [1.29, 1.82) is 5.26 Å². The minimum Gasteiger partial charge on any atom is -0.387 e. The molecule has 1 atom stereocenters. The van der Waals surface area contributed by atoms with Crippen LogP contribution in [0.15, 0.2) is 30.3 Å². The number of nitriles is 1. The Bertz CT molecular complexity index is 1300. The van der Waals surface area contributed by atoms with Crippen molar-refractivity contribution in [3.05, 3.63) is 58.3 Å². The van der Waals surface area contributed by atoms with Gasteiger partial charge in [-0.15, -0.1) is 5.10 Å². The molecule has 188 valence electrons. The summed E-state index contributed by atoms with van der Waals surface area (Å²) in [5.74, 6) is 0.498. The van der Waals surface area contributed by atoms with E-state index in [9.17, 15) is 10.1 Å². The molecule has 1 aromatic heterocycles. The van der Waals surface area contributed by atoms with Crippen LogP contribution in [0.5, 0.6) is 0 Å². The summed E-state index contributed by atoms with van der Waals surface area (Å²) in [5, 5.41) is 29.6. The number of aromatic nitrogens is 2. The molecule has 0 bridgehead atoms. The van der Waals surface area contributed by atoms with E-state index in [1.165, 1.54) is 0 Å². The molecule has 1 saturated heterocycles. The van der Waals surface area contributed by atoms with Crippen LogP contribution in [0.2, 0.25) is 0 Å². The largest absolute Gasteiger partial charge is 0.387 e. The molecule has 2 heterocycles. The van der Waals surface area contributed by atoms with Gasteiger partial charge in [0.05, 0.1) is 42.1 Å². The van der Waals surface area contributed by atoms with Crippen molar-refractivity contribution in [2.45, 2.75) is 26.8 Å². The number of carbonyl (C=O) groups excluding carboxylic acids is 1. The maximum absolute atomic E-state index is 13.1. The topological polar surface area (TPSA) is 115 Å². The van der Waals surface area contributed by atoms with Gasteiger partial charge in [0.25, 0.3) is 5.91 Å². The second kappa shape index (κ2) is 11.3. The van der Waals surface area contributed by atoms with Gasteiger partial charge in [0, 0.05) is 49.7 Å². The number of rotatable bonds is 8. The van der Waals surface area contributed by atoms with Crippen molar-refractivity contribution in [3.8, 4) is 6.07 Å². The van der Waals surface area contributed by atoms with Crippen LogP contribution < -0.4 is 16.0 Å². The monoisotopic (exact) mass is 487 g/mol. The van der Waals surface area contributed by atoms with Gasteiger partial charge < -0.3 is 20.7 Å². The summed E-state index contributed by atoms with van der Waals surface area (Å²) in [6.45, 7) is 10.5. The van der Waals surface area contributed by atoms with Gasteiger partial charge in [-0.3, -0.25) is 9.69 Å². The van der Waals surface area contributed by atoms with Gasteiger partial charge in [0.2, 0.25) is 0 Å². The standard InChI is InChI=1S/C27H33N7O2/c1-17-20(16-28)6-5-7-21(17)18(2)31-26-23-15-25(29-4)24(14-22(23)19(3)32-33-26)27(35)30-8-9-34-10-12-36-13-11-34/h5-7,14-15,18,29H,8-13H2,1-4H3,(H,30,35)(H,31,33). The number of benzene rings is 2. The first-order chi connectivity index (χ1) is 17.4. The predicted molar refractivity (Wildman–Crippen MR) is 141 cm³/mol. The molecule has 0 saturated carbocycles. The lowest BCUT2D eigenvalue weighted by Gasteiger charge is -2.26. The lowest BCUT2D eigenvalue weighted by Crippen LogP contribution is -2.41. The summed E-state index contributed by atoms with van der Waals surface area (Å²) in [5.41, 5.74) is 4.65. The Morgan fingerprint density at radius 2 is 1.97 bits per heavy atom. The lowest BCUT2D eigenvalue weighted by atomic mass is 9.98. The third-order valence-corrected chi connectivity index (χ3v) is 6.75. The number of morpholine rings is 1. The average molecular weight is 488 g/mol. The number of hydrogen-bond acceptors (Lipinski definition) is 8. The number of amides is 1. The smallest absolute Gasteiger partial charge is 0.253 e. The molecular formula is C27H33N7O2. The zero-order valence-electron chi connectivity index (χ0n) is 21.3. The molecule has 9 heteroatoms. The number of anilines is 2. The second-order valence-electron chi connectivity index (χ2n) is 9.03. The van der Waals surface area contributed by atoms with Crippen LogP contribution in [0.3, 0.4) is 0 Å². The highest BCUT2D eigenvalue weighted by atomic mass is 16.5. The number of carbonyl (C=O) groups is 1. The fourth-order valence-corrected chi connectivity index (χ4v) is 4.60. The molecule has 9 nitrogen and oxygen atoms in total. The third-order valence-electron chi connectivity index (χ3n) is 6.75. The fourth-order valence-electron chi connectivity index (χ4n) is 4.60. The molecule has 3 N–H and O–H groups in total. The summed E-state index contributed by atoms with van der Waals surface area (Å²) >= 11 is 0. The molecule has 1 aliphatic rings. The highest BCUT2D eigenvalue weighted by molar-refractivity contribution is 6.06. The van der Waals surface area contributed by atoms with Crippen LogP contribution in [-0.4, -0.2) is 67.4 Å². The van der Waals surface area contributed by atoms with Crippen molar-refractivity contribution in [2.24, 2.45) is 0 Å². The van der Waals surface area contributed by atoms with Gasteiger partial charge in [-0.25, -0.2) is 0 Å². The number of nitrogens with one attached hydrogen (secondary N) is 3. The van der Waals surface area contributed by atoms with Crippen LogP contribution >= 0.6 is 0 Å². The first-order valence-electron chi connectivity index (χ1n) is 12.3. The van der Waals surface area contributed by atoms with E-state index in [4.69, 9.17) is 4.74 Å². The van der Waals surface area contributed by atoms with Crippen LogP contribution in [0.25, 0.3) is 10.8 Å². The molecule has 0 radical (unpaired) electrons. The highest BCUT2D eigenvalue weighted by Gasteiger charge is 2.19. The lowest BCUT2D eigenvalue weighted by molar-refractivity contribution is 0.0383. The highest BCUT2D eigenvalue weighted by Crippen LogP contribution is 2.32. The second-order valence-corrected chi connectivity index (χ2v) is 9.03. The van der Waals surface area contributed by atoms with Crippen molar-refractivity contribution in [1.82, 2.24) is 20.4 Å². The van der Waals surface area contributed by atoms with E-state index in [2.05, 4.69) is 37.1 Å². The Kier molecular flexibility index (Phi) is 7.98. The normalized spacial score (nSPS) is 14.8. The molecule has 1 aliphatic heterocycles. The van der Waals surface area contributed by atoms with Gasteiger partial charge in [-0.05, 0) is 50.1 Å². The van der Waals surface area contributed by atoms with E-state index in [0.717, 1.165) is 66.1 Å². The Morgan fingerprint density at radius 1 is 1.19 bits per heavy atom. The molecule has 1 amide bonds. The molecule has 0 spiro atoms. The van der Waals surface area contributed by atoms with E-state index in [-0.39, 0.29) is 11.9 Å². The van der Waals surface area contributed by atoms with Crippen LogP contribution in [-0.2, 0) is 4.74 Å². The SMILES string of the molecule is CNc1cc2c(NC(C)c3cccc(C#N)c3C)nnc(C)c2cc1C(=O)NCCN1CCOCC1. The van der Waals surface area contributed by atoms with Gasteiger partial charge in [0.1, 0.15) is 0 Å². The Labute approximate surface area is 211 Å². The van der Waals surface area contributed by atoms with Crippen LogP contribution in [0.1, 0.15) is 45.7 Å². The fraction of sp³-hybridized carbons (Fsp3) is 0.407. The summed E-state index contributed by atoms with van der Waals surface area (Å²) in [6, 6.07) is 11.7. The number of fused-ring (bicyclic) bond motifs is 1. The zero-order chi connectivity index (χ0) is 25.7. The summed E-state index contributed by atoms with van der Waals surface area (Å²) < 4.78 is 5.39. The zero-order valence-corrected chi connectivity index (χ0v) is 21.3. The number of hydrogen-bond donors (Lipinski definition) is 3. The number of ether oxygens (including phenoxy) is 1. The van der Waals surface area contributed by atoms with E-state index in [1.54, 1.807) is 7.05 Å². The number of aryl methyl sites for hydroxylation is 1. The first-order valence-corrected chi connectivity index (χ1v) is 12.3. The van der Waals surface area contributed by atoms with Gasteiger partial charge >= 0.3 is 0 Å². The molecular weight excluding hydrogens is 454 g/mol. The molecule has 2 aromatic carbocycles. The van der Waals surface area contributed by atoms with Gasteiger partial charge in [0.15, 0.2) is 5.82 Å². The van der Waals surface area contributed by atoms with Crippen molar-refractivity contribution >= 4 is 28.2 Å². The predicted octanol–water partition coefficient (Wildman–Crippen LogP) is 3.40. The Morgan fingerprint density at radius 3 is 2.69 bits per heavy atom. The Balaban J connectivity index is 1.59. The van der Waals surface area contributed by atoms with Crippen LogP contribution in [0.4, 0.5) is 11.5 Å². The van der Waals surface area contributed by atoms with E-state index in [1.807, 2.05) is 51.1 Å². The van der Waals surface area contributed by atoms with Crippen LogP contribution in [0, 0.1) is 25.2 Å². The average Bonchev–Trinajstić information content (AvgIpc) is 2.90. The molecule has 1 unspecified atom stereocenters. The van der Waals surface area contributed by atoms with E-state index in [0.29, 0.717) is 23.5 Å². The first kappa shape index (κ1) is 25.4. The maximum atomic E-state index is 13.1. The molecule has 36 heavy (non-hydrogen) atoms. The summed E-state index contributed by atoms with van der Waals surface area (Å²) in [7, 11) is 1.81. The van der Waals surface area contributed by atoms with E-state index >= 15 is 0 Å². The van der Waals surface area contributed by atoms with Gasteiger partial charge in [-0.1, -0.05) is 12.1 Å². The maximum Gasteiger partial charge on any atom is 0.253 e. The Hall–Kier alpha value is -3.74. The van der Waals surface area contributed by atoms with Crippen molar-refractivity contribution in [3.63, 3.8) is 0 Å². The minimum atomic E-state index is -0.127. The van der Waals surface area contributed by atoms with E-state index < -0.39 is 0 Å². The molecule has 1 fully saturated rings. The van der Waals surface area contributed by atoms with Crippen molar-refractivity contribution < 1.29 is 9.53 Å². The molecule has 3 aromatic rings. The quantitative estimate of drug-likeness (QED) is 0.443. The molecule has 0 aliphatic carbocycles. The minimum absolute atomic E-state index is 0.0975. The molecule has 4 rings (SSSR count). The summed E-state index contributed by atoms with van der Waals surface area (Å²) in [4.78, 5) is 15.4.